The summed E-state index contributed by atoms with van der Waals surface area (Å²) in [6.45, 7) is 13.4. The molecule has 0 bridgehead atoms. The molecule has 360 valence electrons. The molecule has 2 aliphatic carbocycles. The lowest BCUT2D eigenvalue weighted by atomic mass is 9.59. The third kappa shape index (κ3) is 9.36. The zero-order chi connectivity index (χ0) is 47.4. The van der Waals surface area contributed by atoms with E-state index in [0.717, 1.165) is 101 Å². The van der Waals surface area contributed by atoms with Gasteiger partial charge in [-0.3, -0.25) is 19.8 Å². The van der Waals surface area contributed by atoms with Gasteiger partial charge in [-0.15, -0.1) is 0 Å². The summed E-state index contributed by atoms with van der Waals surface area (Å²) in [5.41, 5.74) is 4.21. The average molecular weight is 947 g/mol. The lowest BCUT2D eigenvalue weighted by Crippen LogP contribution is -2.58. The van der Waals surface area contributed by atoms with Crippen LogP contribution in [-0.4, -0.2) is 90.6 Å². The number of nitrogens with zero attached hydrogens (tertiary/aromatic N) is 5. The van der Waals surface area contributed by atoms with Crippen LogP contribution in [0.5, 0.6) is 17.2 Å². The second-order valence-corrected chi connectivity index (χ2v) is 22.5. The van der Waals surface area contributed by atoms with Crippen LogP contribution in [0.15, 0.2) is 78.1 Å². The normalized spacial score (nSPS) is 22.0. The molecule has 2 atom stereocenters. The van der Waals surface area contributed by atoms with E-state index >= 15 is 0 Å². The largest absolute Gasteiger partial charge is 0.479 e. The number of carbonyl (C=O) groups excluding carboxylic acids is 1. The first-order chi connectivity index (χ1) is 32.6. The lowest BCUT2D eigenvalue weighted by Gasteiger charge is -2.57. The number of aromatic amines is 1. The van der Waals surface area contributed by atoms with E-state index < -0.39 is 31.6 Å². The van der Waals surface area contributed by atoms with Gasteiger partial charge in [0, 0.05) is 49.0 Å². The summed E-state index contributed by atoms with van der Waals surface area (Å²) in [6, 6.07) is 19.2. The number of piperidine rings is 1. The third-order valence-corrected chi connectivity index (χ3v) is 16.6. The number of sulfonamides is 1. The van der Waals surface area contributed by atoms with E-state index in [2.05, 4.69) is 86.8 Å². The van der Waals surface area contributed by atoms with Gasteiger partial charge < -0.3 is 29.4 Å². The summed E-state index contributed by atoms with van der Waals surface area (Å²) < 4.78 is 48.6. The molecule has 6 heterocycles. The van der Waals surface area contributed by atoms with Crippen LogP contribution in [0.2, 0.25) is 0 Å². The first kappa shape index (κ1) is 46.0. The molecule has 2 saturated carbocycles. The molecule has 4 fully saturated rings. The number of ether oxygens (including phenoxy) is 3. The molecule has 16 nitrogen and oxygen atoms in total. The number of hydrogen-bond donors (Lipinski definition) is 3. The fraction of sp³-hybridized carbons (Fsp3) is 0.510. The zero-order valence-corrected chi connectivity index (χ0v) is 40.1. The molecule has 3 aromatic heterocycles. The summed E-state index contributed by atoms with van der Waals surface area (Å²) in [5, 5.41) is 15.6. The highest BCUT2D eigenvalue weighted by Gasteiger charge is 2.50. The number of nitrogens with one attached hydrogen (secondary N) is 3. The Morgan fingerprint density at radius 2 is 1.81 bits per heavy atom. The highest BCUT2D eigenvalue weighted by Crippen LogP contribution is 2.53. The number of benzene rings is 2. The number of hydrogen-bond acceptors (Lipinski definition) is 13. The van der Waals surface area contributed by atoms with Crippen molar-refractivity contribution < 1.29 is 32.3 Å². The minimum atomic E-state index is -4.74. The Labute approximate surface area is 397 Å². The average Bonchev–Trinajstić information content (AvgIpc) is 3.79. The number of carbonyl (C=O) groups is 1. The second kappa shape index (κ2) is 18.3. The van der Waals surface area contributed by atoms with Gasteiger partial charge in [-0.1, -0.05) is 52.0 Å². The van der Waals surface area contributed by atoms with E-state index in [4.69, 9.17) is 14.2 Å². The van der Waals surface area contributed by atoms with E-state index in [-0.39, 0.29) is 40.4 Å². The molecule has 2 saturated heterocycles. The minimum absolute atomic E-state index is 0.0521. The van der Waals surface area contributed by atoms with Crippen molar-refractivity contribution in [2.24, 2.45) is 16.7 Å². The van der Waals surface area contributed by atoms with Gasteiger partial charge in [0.2, 0.25) is 5.75 Å². The number of rotatable bonds is 12. The zero-order valence-electron chi connectivity index (χ0n) is 39.3. The van der Waals surface area contributed by atoms with E-state index in [1.165, 1.54) is 17.3 Å². The maximum atomic E-state index is 14.1. The van der Waals surface area contributed by atoms with E-state index in [1.807, 2.05) is 12.1 Å². The summed E-state index contributed by atoms with van der Waals surface area (Å²) >= 11 is 0. The quantitative estimate of drug-likeness (QED) is 0.0792. The van der Waals surface area contributed by atoms with Crippen LogP contribution < -0.4 is 24.4 Å². The Morgan fingerprint density at radius 3 is 2.57 bits per heavy atom. The van der Waals surface area contributed by atoms with Crippen molar-refractivity contribution in [2.45, 2.75) is 115 Å². The number of H-pyrrole nitrogens is 1. The maximum Gasteiger partial charge on any atom is 0.317 e. The van der Waals surface area contributed by atoms with Gasteiger partial charge in [0.25, 0.3) is 15.9 Å². The molecule has 2 aromatic carbocycles. The van der Waals surface area contributed by atoms with Crippen molar-refractivity contribution in [3.05, 3.63) is 99.9 Å². The predicted molar refractivity (Wildman–Crippen MR) is 259 cm³/mol. The van der Waals surface area contributed by atoms with Crippen molar-refractivity contribution in [1.82, 2.24) is 24.6 Å². The van der Waals surface area contributed by atoms with Crippen LogP contribution in [0.25, 0.3) is 11.0 Å². The summed E-state index contributed by atoms with van der Waals surface area (Å²) in [5.74, 6) is 0.181. The van der Waals surface area contributed by atoms with Crippen molar-refractivity contribution in [3.63, 3.8) is 0 Å². The van der Waals surface area contributed by atoms with Crippen molar-refractivity contribution in [3.8, 4) is 17.2 Å². The SMILES string of the molecule is CC(C)c1ccccc1[C@@H]1COCCN1C1CC2(CCN(c3ccc(C(=O)NS(=O)(=O)c4cc([N+](=O)[O-])c5c(n4)NC[C@H](CC4CCC(C)(C)CC4)O5)c(Oc4cnc5[nH]ccc5c4)c3)CC2)C1. The number of anilines is 2. The molecule has 3 aliphatic heterocycles. The van der Waals surface area contributed by atoms with Crippen LogP contribution >= 0.6 is 0 Å². The monoisotopic (exact) mass is 946 g/mol. The van der Waals surface area contributed by atoms with Gasteiger partial charge in [-0.05, 0) is 116 Å². The predicted octanol–water partition coefficient (Wildman–Crippen LogP) is 9.50. The summed E-state index contributed by atoms with van der Waals surface area (Å²) in [7, 11) is -4.74. The van der Waals surface area contributed by atoms with E-state index in [9.17, 15) is 23.3 Å². The fourth-order valence-electron chi connectivity index (χ4n) is 11.4. The smallest absolute Gasteiger partial charge is 0.317 e. The summed E-state index contributed by atoms with van der Waals surface area (Å²) in [4.78, 5) is 42.6. The molecule has 1 spiro atoms. The lowest BCUT2D eigenvalue weighted by molar-refractivity contribution is -0.386. The Kier molecular flexibility index (Phi) is 12.4. The number of morpholine rings is 1. The molecular formula is C51H62N8O8S. The molecule has 5 aromatic rings. The molecular weight excluding hydrogens is 885 g/mol. The number of fused-ring (bicyclic) bond motifs is 2. The fourth-order valence-corrected chi connectivity index (χ4v) is 12.4. The molecule has 5 aliphatic rings. The van der Waals surface area contributed by atoms with E-state index in [1.54, 1.807) is 24.4 Å². The van der Waals surface area contributed by atoms with Crippen LogP contribution in [0.4, 0.5) is 17.2 Å². The Morgan fingerprint density at radius 1 is 1.03 bits per heavy atom. The first-order valence-electron chi connectivity index (χ1n) is 24.2. The third-order valence-electron chi connectivity index (χ3n) is 15.4. The highest BCUT2D eigenvalue weighted by atomic mass is 32.2. The number of pyridine rings is 2. The Bertz CT molecular complexity index is 2810. The van der Waals surface area contributed by atoms with Crippen molar-refractivity contribution in [1.29, 1.82) is 0 Å². The van der Waals surface area contributed by atoms with Crippen LogP contribution in [0.1, 0.15) is 119 Å². The van der Waals surface area contributed by atoms with Gasteiger partial charge in [0.15, 0.2) is 10.8 Å². The van der Waals surface area contributed by atoms with Crippen LogP contribution in [-0.2, 0) is 14.8 Å². The molecule has 0 radical (unpaired) electrons. The molecule has 17 heteroatoms. The molecule has 0 unspecified atom stereocenters. The number of amides is 1. The van der Waals surface area contributed by atoms with Gasteiger partial charge >= 0.3 is 5.69 Å². The molecule has 68 heavy (non-hydrogen) atoms. The van der Waals surface area contributed by atoms with Crippen LogP contribution in [0.3, 0.4) is 0 Å². The Balaban J connectivity index is 0.847. The second-order valence-electron chi connectivity index (χ2n) is 20.8. The minimum Gasteiger partial charge on any atom is -0.479 e. The van der Waals surface area contributed by atoms with E-state index in [0.29, 0.717) is 47.8 Å². The molecule has 3 N–H and O–H groups in total. The first-order valence-corrected chi connectivity index (χ1v) is 25.7. The van der Waals surface area contributed by atoms with Gasteiger partial charge in [0.1, 0.15) is 23.3 Å². The van der Waals surface area contributed by atoms with Gasteiger partial charge in [0.05, 0.1) is 48.6 Å². The van der Waals surface area contributed by atoms with Crippen LogP contribution in [0, 0.1) is 26.9 Å². The maximum absolute atomic E-state index is 14.1. The topological polar surface area (TPSA) is 194 Å². The van der Waals surface area contributed by atoms with Gasteiger partial charge in [-0.25, -0.2) is 14.7 Å². The highest BCUT2D eigenvalue weighted by molar-refractivity contribution is 7.90. The van der Waals surface area contributed by atoms with Crippen molar-refractivity contribution >= 4 is 44.2 Å². The van der Waals surface area contributed by atoms with Gasteiger partial charge in [-0.2, -0.15) is 8.42 Å². The summed E-state index contributed by atoms with van der Waals surface area (Å²) in [6.07, 6.45) is 12.3. The standard InChI is InChI=1S/C51H62N8O8S/c1-32(2)39-7-5-6-8-40(39)43-31-65-22-21-58(43)36-27-51(28-36)16-19-57(20-17-51)35-9-10-41(44(25-35)66-38-24-34-13-18-52-47(34)53-30-38)49(60)56-68(63,64)45-26-42(59(61)62)46-48(55-45)54-29-37(67-46)23-33-11-14-50(3,4)15-12-33/h5-10,13,18,24-26,30,32-33,36-37,43H,11-12,14-17,19-23,27-29,31H2,1-4H3,(H,52,53)(H,54,55)(H,56,60)/t37-,43-/m0/s1. The Hall–Kier alpha value is -5.78. The number of nitro groups is 1. The molecule has 1 amide bonds. The molecule has 10 rings (SSSR count). The van der Waals surface area contributed by atoms with Crippen molar-refractivity contribution in [2.75, 3.05) is 49.6 Å². The number of aromatic nitrogens is 3.